The van der Waals surface area contributed by atoms with Crippen LogP contribution in [0.4, 0.5) is 22.7 Å². The van der Waals surface area contributed by atoms with Crippen LogP contribution in [-0.2, 0) is 0 Å². The smallest absolute Gasteiger partial charge is 0.255 e. The predicted molar refractivity (Wildman–Crippen MR) is 142 cm³/mol. The van der Waals surface area contributed by atoms with Gasteiger partial charge in [-0.05, 0) is 66.2 Å². The number of thiophene rings is 1. The molecule has 4 aromatic rings. The molecule has 5 rings (SSSR count). The number of amides is 1. The van der Waals surface area contributed by atoms with Gasteiger partial charge in [-0.25, -0.2) is 0 Å². The number of nitrogens with one attached hydrogen (secondary N) is 1. The molecule has 1 aliphatic heterocycles. The monoisotopic (exact) mass is 489 g/mol. The third kappa shape index (κ3) is 4.85. The normalized spacial score (nSPS) is 13.7. The van der Waals surface area contributed by atoms with Crippen molar-refractivity contribution < 1.29 is 4.79 Å². The molecular weight excluding hydrogens is 466 g/mol. The Morgan fingerprint density at radius 1 is 0.882 bits per heavy atom. The molecule has 3 N–H and O–H groups in total. The number of nitrogens with two attached hydrogens (primary N) is 1. The molecule has 0 bridgehead atoms. The number of nitrogen functional groups attached to an aromatic ring is 1. The summed E-state index contributed by atoms with van der Waals surface area (Å²) in [4.78, 5) is 22.7. The molecule has 3 heterocycles. The number of nitrogens with zero attached hydrogens (tertiary/aromatic N) is 3. The second-order valence-electron chi connectivity index (χ2n) is 8.09. The van der Waals surface area contributed by atoms with Crippen molar-refractivity contribution in [2.24, 2.45) is 0 Å². The van der Waals surface area contributed by atoms with Crippen molar-refractivity contribution in [2.75, 3.05) is 47.0 Å². The number of pyridine rings is 1. The van der Waals surface area contributed by atoms with E-state index in [2.05, 4.69) is 20.1 Å². The lowest BCUT2D eigenvalue weighted by atomic mass is 10.1. The van der Waals surface area contributed by atoms with Crippen LogP contribution in [0.3, 0.4) is 0 Å². The van der Waals surface area contributed by atoms with Crippen LogP contribution in [-0.4, -0.2) is 37.1 Å². The van der Waals surface area contributed by atoms with E-state index in [4.69, 9.17) is 17.3 Å². The Balaban J connectivity index is 1.23. The van der Waals surface area contributed by atoms with Crippen molar-refractivity contribution in [3.63, 3.8) is 0 Å². The van der Waals surface area contributed by atoms with E-state index < -0.39 is 0 Å². The first-order valence-corrected chi connectivity index (χ1v) is 12.2. The molecule has 2 aromatic heterocycles. The largest absolute Gasteiger partial charge is 0.397 e. The Morgan fingerprint density at radius 3 is 2.15 bits per heavy atom. The van der Waals surface area contributed by atoms with E-state index >= 15 is 0 Å². The highest BCUT2D eigenvalue weighted by Gasteiger charge is 2.18. The van der Waals surface area contributed by atoms with Crippen molar-refractivity contribution in [3.8, 4) is 10.4 Å². The third-order valence-electron chi connectivity index (χ3n) is 5.96. The summed E-state index contributed by atoms with van der Waals surface area (Å²) in [5, 5.41) is 2.95. The molecule has 0 aliphatic carbocycles. The van der Waals surface area contributed by atoms with Gasteiger partial charge in [0.15, 0.2) is 0 Å². The number of rotatable bonds is 5. The summed E-state index contributed by atoms with van der Waals surface area (Å²) in [5.41, 5.74) is 11.1. The van der Waals surface area contributed by atoms with Crippen LogP contribution < -0.4 is 20.9 Å². The summed E-state index contributed by atoms with van der Waals surface area (Å²) in [5.74, 6) is -0.192. The van der Waals surface area contributed by atoms with Gasteiger partial charge in [-0.1, -0.05) is 17.7 Å². The molecule has 2 aromatic carbocycles. The van der Waals surface area contributed by atoms with E-state index in [9.17, 15) is 4.79 Å². The fourth-order valence-corrected chi connectivity index (χ4v) is 5.12. The second kappa shape index (κ2) is 9.75. The lowest BCUT2D eigenvalue weighted by molar-refractivity contribution is 0.102. The van der Waals surface area contributed by atoms with Gasteiger partial charge in [0.25, 0.3) is 5.91 Å². The number of carbonyl (C=O) groups excluding carboxylic acids is 1. The minimum absolute atomic E-state index is 0.192. The standard InChI is InChI=1S/C26H24ClN5OS/c27-25-8-7-24(34-25)19-3-6-22(28)23(17-19)30-26(33)18-1-4-20(5-2-18)31-13-15-32(16-14-31)21-9-11-29-12-10-21/h1-12,17H,13-16,28H2,(H,30,33). The van der Waals surface area contributed by atoms with Gasteiger partial charge >= 0.3 is 0 Å². The summed E-state index contributed by atoms with van der Waals surface area (Å²) >= 11 is 7.55. The maximum Gasteiger partial charge on any atom is 0.255 e. The third-order valence-corrected chi connectivity index (χ3v) is 7.24. The quantitative estimate of drug-likeness (QED) is 0.356. The minimum atomic E-state index is -0.192. The molecule has 8 heteroatoms. The van der Waals surface area contributed by atoms with E-state index in [-0.39, 0.29) is 5.91 Å². The lowest BCUT2D eigenvalue weighted by Gasteiger charge is -2.37. The molecule has 1 fully saturated rings. The topological polar surface area (TPSA) is 74.5 Å². The van der Waals surface area contributed by atoms with E-state index in [1.165, 1.54) is 17.0 Å². The summed E-state index contributed by atoms with van der Waals surface area (Å²) in [6.45, 7) is 3.72. The van der Waals surface area contributed by atoms with Gasteiger partial charge in [0.1, 0.15) is 0 Å². The number of hydrogen-bond acceptors (Lipinski definition) is 6. The summed E-state index contributed by atoms with van der Waals surface area (Å²) in [6, 6.07) is 21.2. The highest BCUT2D eigenvalue weighted by Crippen LogP contribution is 2.34. The predicted octanol–water partition coefficient (Wildman–Crippen LogP) is 5.62. The van der Waals surface area contributed by atoms with Gasteiger partial charge in [0, 0.05) is 60.4 Å². The molecule has 0 saturated carbocycles. The fourth-order valence-electron chi connectivity index (χ4n) is 4.08. The zero-order chi connectivity index (χ0) is 23.5. The molecule has 0 atom stereocenters. The molecule has 0 radical (unpaired) electrons. The van der Waals surface area contributed by atoms with Crippen LogP contribution in [0.5, 0.6) is 0 Å². The molecule has 6 nitrogen and oxygen atoms in total. The number of benzene rings is 2. The van der Waals surface area contributed by atoms with Gasteiger partial charge in [-0.15, -0.1) is 11.3 Å². The highest BCUT2D eigenvalue weighted by molar-refractivity contribution is 7.19. The molecular formula is C26H24ClN5OS. The van der Waals surface area contributed by atoms with Crippen molar-refractivity contribution in [2.45, 2.75) is 0 Å². The molecule has 1 aliphatic rings. The lowest BCUT2D eigenvalue weighted by Crippen LogP contribution is -2.46. The average Bonchev–Trinajstić information content (AvgIpc) is 3.32. The van der Waals surface area contributed by atoms with Crippen molar-refractivity contribution in [3.05, 3.63) is 89.0 Å². The van der Waals surface area contributed by atoms with Crippen LogP contribution in [0.1, 0.15) is 10.4 Å². The Morgan fingerprint density at radius 2 is 1.53 bits per heavy atom. The molecule has 34 heavy (non-hydrogen) atoms. The zero-order valence-electron chi connectivity index (χ0n) is 18.4. The first-order chi connectivity index (χ1) is 16.6. The van der Waals surface area contributed by atoms with Crippen molar-refractivity contribution in [1.82, 2.24) is 4.98 Å². The number of carbonyl (C=O) groups is 1. The first kappa shape index (κ1) is 22.3. The number of halogens is 1. The molecule has 1 saturated heterocycles. The number of hydrogen-bond donors (Lipinski definition) is 2. The van der Waals surface area contributed by atoms with E-state index in [1.54, 1.807) is 6.07 Å². The maximum absolute atomic E-state index is 12.9. The van der Waals surface area contributed by atoms with Gasteiger partial charge in [-0.2, -0.15) is 0 Å². The Bertz CT molecular complexity index is 1280. The number of piperazine rings is 1. The SMILES string of the molecule is Nc1ccc(-c2ccc(Cl)s2)cc1NC(=O)c1ccc(N2CCN(c3ccncc3)CC2)cc1. The van der Waals surface area contributed by atoms with Crippen LogP contribution >= 0.6 is 22.9 Å². The molecule has 0 spiro atoms. The van der Waals surface area contributed by atoms with Crippen molar-refractivity contribution >= 4 is 51.6 Å². The minimum Gasteiger partial charge on any atom is -0.397 e. The second-order valence-corrected chi connectivity index (χ2v) is 9.80. The first-order valence-electron chi connectivity index (χ1n) is 11.0. The highest BCUT2D eigenvalue weighted by atomic mass is 35.5. The molecule has 172 valence electrons. The number of aromatic nitrogens is 1. The molecule has 0 unspecified atom stereocenters. The summed E-state index contributed by atoms with van der Waals surface area (Å²) in [7, 11) is 0. The van der Waals surface area contributed by atoms with E-state index in [1.807, 2.05) is 73.1 Å². The van der Waals surface area contributed by atoms with Crippen LogP contribution in [0.2, 0.25) is 4.34 Å². The summed E-state index contributed by atoms with van der Waals surface area (Å²) < 4.78 is 0.719. The Labute approximate surface area is 207 Å². The van der Waals surface area contributed by atoms with Crippen molar-refractivity contribution in [1.29, 1.82) is 0 Å². The van der Waals surface area contributed by atoms with Crippen LogP contribution in [0.25, 0.3) is 10.4 Å². The Hall–Kier alpha value is -3.55. The van der Waals surface area contributed by atoms with Gasteiger partial charge in [0.2, 0.25) is 0 Å². The number of anilines is 4. The van der Waals surface area contributed by atoms with Gasteiger partial charge < -0.3 is 20.9 Å². The molecule has 1 amide bonds. The fraction of sp³-hybridized carbons (Fsp3) is 0.154. The van der Waals surface area contributed by atoms with Crippen LogP contribution in [0, 0.1) is 0 Å². The zero-order valence-corrected chi connectivity index (χ0v) is 20.0. The Kier molecular flexibility index (Phi) is 6.38. The van der Waals surface area contributed by atoms with Gasteiger partial charge in [0.05, 0.1) is 15.7 Å². The van der Waals surface area contributed by atoms with Gasteiger partial charge in [-0.3, -0.25) is 9.78 Å². The average molecular weight is 490 g/mol. The summed E-state index contributed by atoms with van der Waals surface area (Å²) in [6.07, 6.45) is 3.65. The van der Waals surface area contributed by atoms with Crippen LogP contribution in [0.15, 0.2) is 79.1 Å². The maximum atomic E-state index is 12.9. The van der Waals surface area contributed by atoms with E-state index in [0.29, 0.717) is 16.9 Å². The van der Waals surface area contributed by atoms with E-state index in [0.717, 1.165) is 46.6 Å².